The zero-order valence-corrected chi connectivity index (χ0v) is 12.6. The first-order chi connectivity index (χ1) is 10.3. The lowest BCUT2D eigenvalue weighted by Crippen LogP contribution is -2.24. The van der Waals surface area contributed by atoms with Gasteiger partial charge in [0.2, 0.25) is 0 Å². The zero-order valence-electron chi connectivity index (χ0n) is 12.6. The predicted molar refractivity (Wildman–Crippen MR) is 87.1 cm³/mol. The number of alkyl halides is 1. The van der Waals surface area contributed by atoms with Gasteiger partial charge in [-0.25, -0.2) is 4.39 Å². The summed E-state index contributed by atoms with van der Waals surface area (Å²) >= 11 is 0. The Morgan fingerprint density at radius 2 is 1.67 bits per heavy atom. The lowest BCUT2D eigenvalue weighted by molar-refractivity contribution is 0.167. The highest BCUT2D eigenvalue weighted by atomic mass is 19.1. The van der Waals surface area contributed by atoms with Crippen molar-refractivity contribution in [2.24, 2.45) is 5.92 Å². The van der Waals surface area contributed by atoms with Gasteiger partial charge in [0.1, 0.15) is 6.17 Å². The fraction of sp³-hybridized carbons (Fsp3) is 0.400. The van der Waals surface area contributed by atoms with Crippen LogP contribution in [-0.4, -0.2) is 6.17 Å². The molecule has 0 nitrogen and oxygen atoms in total. The van der Waals surface area contributed by atoms with Gasteiger partial charge in [-0.05, 0) is 41.9 Å². The third-order valence-electron chi connectivity index (χ3n) is 4.90. The molecule has 0 aromatic heterocycles. The summed E-state index contributed by atoms with van der Waals surface area (Å²) in [6.45, 7) is 2.18. The third-order valence-corrected chi connectivity index (χ3v) is 4.90. The minimum Gasteiger partial charge on any atom is -0.247 e. The average Bonchev–Trinajstić information content (AvgIpc) is 2.55. The molecule has 0 amide bonds. The molecule has 1 saturated carbocycles. The maximum Gasteiger partial charge on any atom is 0.107 e. The van der Waals surface area contributed by atoms with Crippen LogP contribution in [0.25, 0.3) is 11.1 Å². The van der Waals surface area contributed by atoms with E-state index in [1.54, 1.807) is 0 Å². The van der Waals surface area contributed by atoms with Gasteiger partial charge in [-0.15, -0.1) is 0 Å². The third kappa shape index (κ3) is 3.02. The lowest BCUT2D eigenvalue weighted by Gasteiger charge is -2.32. The second-order valence-electron chi connectivity index (χ2n) is 6.16. The van der Waals surface area contributed by atoms with E-state index in [1.807, 2.05) is 24.3 Å². The zero-order chi connectivity index (χ0) is 14.7. The van der Waals surface area contributed by atoms with Gasteiger partial charge in [-0.1, -0.05) is 67.9 Å². The molecule has 21 heavy (non-hydrogen) atoms. The summed E-state index contributed by atoms with van der Waals surface area (Å²) in [6, 6.07) is 18.7. The van der Waals surface area contributed by atoms with Gasteiger partial charge in [0.15, 0.2) is 0 Å². The molecule has 0 bridgehead atoms. The lowest BCUT2D eigenvalue weighted by atomic mass is 9.75. The molecule has 3 atom stereocenters. The maximum absolute atomic E-state index is 14.7. The molecule has 3 unspecified atom stereocenters. The van der Waals surface area contributed by atoms with Crippen molar-refractivity contribution in [1.82, 2.24) is 0 Å². The van der Waals surface area contributed by atoms with Crippen molar-refractivity contribution in [1.29, 1.82) is 0 Å². The van der Waals surface area contributed by atoms with Crippen molar-refractivity contribution in [3.63, 3.8) is 0 Å². The Bertz CT molecular complexity index is 575. The van der Waals surface area contributed by atoms with Crippen LogP contribution < -0.4 is 0 Å². The maximum atomic E-state index is 14.7. The van der Waals surface area contributed by atoms with Crippen LogP contribution in [0, 0.1) is 5.92 Å². The Hall–Kier alpha value is -1.63. The van der Waals surface area contributed by atoms with E-state index in [4.69, 9.17) is 0 Å². The van der Waals surface area contributed by atoms with Gasteiger partial charge >= 0.3 is 0 Å². The molecule has 1 aliphatic rings. The molecule has 110 valence electrons. The highest BCUT2D eigenvalue weighted by Gasteiger charge is 2.32. The highest BCUT2D eigenvalue weighted by molar-refractivity contribution is 5.68. The minimum atomic E-state index is -0.700. The fourth-order valence-electron chi connectivity index (χ4n) is 3.62. The molecule has 2 aromatic carbocycles. The van der Waals surface area contributed by atoms with Crippen LogP contribution in [-0.2, 0) is 0 Å². The molecule has 0 N–H and O–H groups in total. The normalized spacial score (nSPS) is 25.7. The van der Waals surface area contributed by atoms with Crippen molar-refractivity contribution >= 4 is 0 Å². The van der Waals surface area contributed by atoms with E-state index in [-0.39, 0.29) is 5.92 Å². The Morgan fingerprint density at radius 3 is 2.38 bits per heavy atom. The van der Waals surface area contributed by atoms with E-state index in [0.717, 1.165) is 25.7 Å². The van der Waals surface area contributed by atoms with Crippen LogP contribution in [0.1, 0.15) is 44.1 Å². The van der Waals surface area contributed by atoms with Gasteiger partial charge in [0.05, 0.1) is 0 Å². The number of halogens is 1. The van der Waals surface area contributed by atoms with Crippen molar-refractivity contribution in [3.05, 3.63) is 60.2 Å². The van der Waals surface area contributed by atoms with Crippen molar-refractivity contribution in [2.75, 3.05) is 0 Å². The Balaban J connectivity index is 1.93. The first-order valence-corrected chi connectivity index (χ1v) is 8.08. The smallest absolute Gasteiger partial charge is 0.107 e. The van der Waals surface area contributed by atoms with Gasteiger partial charge < -0.3 is 0 Å². The van der Waals surface area contributed by atoms with Crippen LogP contribution in [0.2, 0.25) is 0 Å². The minimum absolute atomic E-state index is 0.0595. The Morgan fingerprint density at radius 1 is 0.952 bits per heavy atom. The summed E-state index contributed by atoms with van der Waals surface area (Å²) in [5.74, 6) is 0.629. The summed E-state index contributed by atoms with van der Waals surface area (Å²) in [4.78, 5) is 0. The average molecular weight is 282 g/mol. The van der Waals surface area contributed by atoms with Crippen molar-refractivity contribution in [3.8, 4) is 11.1 Å². The SMILES string of the molecule is CCC1CCC(c2ccccc2-c2ccccc2)C(F)C1. The number of rotatable bonds is 3. The number of hydrogen-bond donors (Lipinski definition) is 0. The molecule has 2 aromatic rings. The highest BCUT2D eigenvalue weighted by Crippen LogP contribution is 2.42. The number of benzene rings is 2. The molecule has 1 aliphatic carbocycles. The van der Waals surface area contributed by atoms with E-state index in [2.05, 4.69) is 37.3 Å². The molecule has 3 rings (SSSR count). The van der Waals surface area contributed by atoms with Crippen LogP contribution in [0.4, 0.5) is 4.39 Å². The molecular weight excluding hydrogens is 259 g/mol. The van der Waals surface area contributed by atoms with Crippen molar-refractivity contribution in [2.45, 2.75) is 44.7 Å². The van der Waals surface area contributed by atoms with E-state index in [0.29, 0.717) is 5.92 Å². The Kier molecular flexibility index (Phi) is 4.38. The van der Waals surface area contributed by atoms with Crippen LogP contribution >= 0.6 is 0 Å². The van der Waals surface area contributed by atoms with Gasteiger partial charge in [0, 0.05) is 5.92 Å². The second-order valence-corrected chi connectivity index (χ2v) is 6.16. The van der Waals surface area contributed by atoms with Crippen LogP contribution in [0.5, 0.6) is 0 Å². The van der Waals surface area contributed by atoms with Gasteiger partial charge in [0.25, 0.3) is 0 Å². The molecule has 0 heterocycles. The fourth-order valence-corrected chi connectivity index (χ4v) is 3.62. The first kappa shape index (κ1) is 14.3. The summed E-state index contributed by atoms with van der Waals surface area (Å²) < 4.78 is 14.7. The molecule has 1 heteroatoms. The molecule has 0 saturated heterocycles. The molecular formula is C20H23F. The van der Waals surface area contributed by atoms with Crippen LogP contribution in [0.15, 0.2) is 54.6 Å². The molecule has 0 aliphatic heterocycles. The van der Waals surface area contributed by atoms with E-state index < -0.39 is 6.17 Å². The van der Waals surface area contributed by atoms with E-state index >= 15 is 0 Å². The Labute approximate surface area is 127 Å². The first-order valence-electron chi connectivity index (χ1n) is 8.08. The van der Waals surface area contributed by atoms with Gasteiger partial charge in [-0.2, -0.15) is 0 Å². The topological polar surface area (TPSA) is 0 Å². The predicted octanol–water partition coefficient (Wildman–Crippen LogP) is 5.99. The van der Waals surface area contributed by atoms with Crippen LogP contribution in [0.3, 0.4) is 0 Å². The monoisotopic (exact) mass is 282 g/mol. The summed E-state index contributed by atoms with van der Waals surface area (Å²) in [7, 11) is 0. The second kappa shape index (κ2) is 6.43. The van der Waals surface area contributed by atoms with E-state index in [9.17, 15) is 4.39 Å². The van der Waals surface area contributed by atoms with E-state index in [1.165, 1.54) is 16.7 Å². The molecule has 0 radical (unpaired) electrons. The largest absolute Gasteiger partial charge is 0.247 e. The molecule has 0 spiro atoms. The summed E-state index contributed by atoms with van der Waals surface area (Å²) in [5, 5.41) is 0. The summed E-state index contributed by atoms with van der Waals surface area (Å²) in [6.07, 6.45) is 3.26. The number of hydrogen-bond acceptors (Lipinski definition) is 0. The van der Waals surface area contributed by atoms with Gasteiger partial charge in [-0.3, -0.25) is 0 Å². The summed E-state index contributed by atoms with van der Waals surface area (Å²) in [5.41, 5.74) is 3.57. The standard InChI is InChI=1S/C20H23F/c1-2-15-12-13-19(20(21)14-15)18-11-7-6-10-17(18)16-8-4-3-5-9-16/h3-11,15,19-20H,2,12-14H2,1H3. The van der Waals surface area contributed by atoms with Crippen molar-refractivity contribution < 1.29 is 4.39 Å². The molecule has 1 fully saturated rings. The quantitative estimate of drug-likeness (QED) is 0.649.